The molecule has 0 amide bonds. The van der Waals surface area contributed by atoms with E-state index in [1.54, 1.807) is 16.8 Å². The van der Waals surface area contributed by atoms with Crippen LogP contribution >= 0.6 is 0 Å². The van der Waals surface area contributed by atoms with Crippen molar-refractivity contribution in [3.8, 4) is 17.3 Å². The van der Waals surface area contributed by atoms with Crippen molar-refractivity contribution in [1.29, 1.82) is 5.26 Å². The zero-order valence-electron chi connectivity index (χ0n) is 13.2. The van der Waals surface area contributed by atoms with Gasteiger partial charge in [-0.2, -0.15) is 10.4 Å². The van der Waals surface area contributed by atoms with Gasteiger partial charge in [0.25, 0.3) is 0 Å². The van der Waals surface area contributed by atoms with E-state index >= 15 is 0 Å². The van der Waals surface area contributed by atoms with E-state index in [1.807, 2.05) is 39.2 Å². The SMILES string of the molecule is CC(C)C(O)CNCc1cn(C)nc1-c1ccc(C#N)cc1. The zero-order valence-corrected chi connectivity index (χ0v) is 13.2. The van der Waals surface area contributed by atoms with Gasteiger partial charge in [0.05, 0.1) is 23.4 Å². The van der Waals surface area contributed by atoms with Gasteiger partial charge in [-0.15, -0.1) is 0 Å². The highest BCUT2D eigenvalue weighted by Gasteiger charge is 2.12. The molecule has 1 unspecified atom stereocenters. The lowest BCUT2D eigenvalue weighted by Gasteiger charge is -2.15. The molecule has 0 radical (unpaired) electrons. The number of aryl methyl sites for hydroxylation is 1. The van der Waals surface area contributed by atoms with Gasteiger partial charge in [0.15, 0.2) is 0 Å². The maximum absolute atomic E-state index is 9.84. The highest BCUT2D eigenvalue weighted by molar-refractivity contribution is 5.63. The Morgan fingerprint density at radius 1 is 1.32 bits per heavy atom. The molecule has 22 heavy (non-hydrogen) atoms. The number of nitriles is 1. The average Bonchev–Trinajstić information content (AvgIpc) is 2.88. The molecule has 1 aromatic carbocycles. The van der Waals surface area contributed by atoms with Gasteiger partial charge in [-0.3, -0.25) is 4.68 Å². The molecule has 0 spiro atoms. The van der Waals surface area contributed by atoms with Crippen LogP contribution in [0.25, 0.3) is 11.3 Å². The minimum Gasteiger partial charge on any atom is -0.392 e. The quantitative estimate of drug-likeness (QED) is 0.856. The molecule has 0 saturated heterocycles. The van der Waals surface area contributed by atoms with Crippen LogP contribution in [0.4, 0.5) is 0 Å². The van der Waals surface area contributed by atoms with E-state index in [-0.39, 0.29) is 12.0 Å². The van der Waals surface area contributed by atoms with Crippen molar-refractivity contribution in [1.82, 2.24) is 15.1 Å². The van der Waals surface area contributed by atoms with Gasteiger partial charge < -0.3 is 10.4 Å². The third kappa shape index (κ3) is 3.94. The van der Waals surface area contributed by atoms with E-state index in [2.05, 4.69) is 16.5 Å². The Balaban J connectivity index is 2.11. The number of rotatable bonds is 6. The smallest absolute Gasteiger partial charge is 0.0991 e. The van der Waals surface area contributed by atoms with Gasteiger partial charge in [0.1, 0.15) is 0 Å². The second-order valence-corrected chi connectivity index (χ2v) is 5.81. The molecular weight excluding hydrogens is 276 g/mol. The highest BCUT2D eigenvalue weighted by Crippen LogP contribution is 2.22. The Morgan fingerprint density at radius 2 is 2.00 bits per heavy atom. The number of hydrogen-bond donors (Lipinski definition) is 2. The fourth-order valence-electron chi connectivity index (χ4n) is 2.20. The Hall–Kier alpha value is -2.16. The number of nitrogens with one attached hydrogen (secondary N) is 1. The summed E-state index contributed by atoms with van der Waals surface area (Å²) in [7, 11) is 1.89. The number of nitrogens with zero attached hydrogens (tertiary/aromatic N) is 3. The summed E-state index contributed by atoms with van der Waals surface area (Å²) < 4.78 is 1.78. The standard InChI is InChI=1S/C17H22N4O/c1-12(2)16(22)10-19-9-15-11-21(3)20-17(15)14-6-4-13(8-18)5-7-14/h4-7,11-12,16,19,22H,9-10H2,1-3H3. The van der Waals surface area contributed by atoms with Crippen molar-refractivity contribution in [2.75, 3.05) is 6.54 Å². The van der Waals surface area contributed by atoms with E-state index in [4.69, 9.17) is 5.26 Å². The fraction of sp³-hybridized carbons (Fsp3) is 0.412. The van der Waals surface area contributed by atoms with Crippen molar-refractivity contribution in [2.24, 2.45) is 13.0 Å². The molecule has 0 aliphatic rings. The Morgan fingerprint density at radius 3 is 2.59 bits per heavy atom. The average molecular weight is 298 g/mol. The highest BCUT2D eigenvalue weighted by atomic mass is 16.3. The zero-order chi connectivity index (χ0) is 16.1. The van der Waals surface area contributed by atoms with Crippen LogP contribution in [-0.2, 0) is 13.6 Å². The molecule has 2 aromatic rings. The van der Waals surface area contributed by atoms with E-state index in [9.17, 15) is 5.11 Å². The summed E-state index contributed by atoms with van der Waals surface area (Å²) in [6.45, 7) is 5.20. The number of aliphatic hydroxyl groups is 1. The maximum atomic E-state index is 9.84. The first kappa shape index (κ1) is 16.2. The largest absolute Gasteiger partial charge is 0.392 e. The normalized spacial score (nSPS) is 12.4. The van der Waals surface area contributed by atoms with Crippen LogP contribution in [0.15, 0.2) is 30.5 Å². The first-order valence-electron chi connectivity index (χ1n) is 7.43. The number of benzene rings is 1. The molecule has 2 rings (SSSR count). The fourth-order valence-corrected chi connectivity index (χ4v) is 2.20. The van der Waals surface area contributed by atoms with E-state index in [0.29, 0.717) is 18.7 Å². The van der Waals surface area contributed by atoms with Gasteiger partial charge >= 0.3 is 0 Å². The predicted octanol–water partition coefficient (Wildman–Crippen LogP) is 2.07. The summed E-state index contributed by atoms with van der Waals surface area (Å²) in [4.78, 5) is 0. The Kier molecular flexibility index (Phi) is 5.31. The first-order chi connectivity index (χ1) is 10.5. The monoisotopic (exact) mass is 298 g/mol. The van der Waals surface area contributed by atoms with Crippen LogP contribution < -0.4 is 5.32 Å². The Labute approximate surface area is 131 Å². The topological polar surface area (TPSA) is 73.9 Å². The van der Waals surface area contributed by atoms with E-state index < -0.39 is 0 Å². The first-order valence-corrected chi connectivity index (χ1v) is 7.43. The third-order valence-corrected chi connectivity index (χ3v) is 3.63. The van der Waals surface area contributed by atoms with Crippen LogP contribution in [0.2, 0.25) is 0 Å². The van der Waals surface area contributed by atoms with Crippen LogP contribution in [-0.4, -0.2) is 27.5 Å². The maximum Gasteiger partial charge on any atom is 0.0991 e. The lowest BCUT2D eigenvalue weighted by atomic mass is 10.1. The molecular formula is C17H22N4O. The van der Waals surface area contributed by atoms with E-state index in [1.165, 1.54) is 0 Å². The van der Waals surface area contributed by atoms with Crippen LogP contribution in [0.3, 0.4) is 0 Å². The summed E-state index contributed by atoms with van der Waals surface area (Å²) in [6, 6.07) is 9.53. The van der Waals surface area contributed by atoms with Crippen molar-refractivity contribution in [2.45, 2.75) is 26.5 Å². The summed E-state index contributed by atoms with van der Waals surface area (Å²) >= 11 is 0. The van der Waals surface area contributed by atoms with Crippen molar-refractivity contribution in [3.63, 3.8) is 0 Å². The molecule has 5 nitrogen and oxygen atoms in total. The molecule has 1 heterocycles. The molecule has 116 valence electrons. The van der Waals surface area contributed by atoms with E-state index in [0.717, 1.165) is 16.8 Å². The lowest BCUT2D eigenvalue weighted by molar-refractivity contribution is 0.123. The van der Waals surface area contributed by atoms with Crippen LogP contribution in [0.1, 0.15) is 25.0 Å². The molecule has 1 atom stereocenters. The van der Waals surface area contributed by atoms with Gasteiger partial charge in [-0.1, -0.05) is 26.0 Å². The van der Waals surface area contributed by atoms with Gasteiger partial charge in [-0.05, 0) is 18.1 Å². The van der Waals surface area contributed by atoms with Crippen molar-refractivity contribution >= 4 is 0 Å². The summed E-state index contributed by atoms with van der Waals surface area (Å²) in [6.07, 6.45) is 1.62. The van der Waals surface area contributed by atoms with Crippen molar-refractivity contribution < 1.29 is 5.11 Å². The molecule has 2 N–H and O–H groups in total. The number of hydrogen-bond acceptors (Lipinski definition) is 4. The molecule has 0 saturated carbocycles. The van der Waals surface area contributed by atoms with Gasteiger partial charge in [0, 0.05) is 37.5 Å². The molecule has 0 aliphatic heterocycles. The molecule has 0 bridgehead atoms. The second kappa shape index (κ2) is 7.21. The summed E-state index contributed by atoms with van der Waals surface area (Å²) in [5.41, 5.74) is 3.60. The molecule has 1 aromatic heterocycles. The second-order valence-electron chi connectivity index (χ2n) is 5.81. The Bertz CT molecular complexity index is 652. The number of aromatic nitrogens is 2. The van der Waals surface area contributed by atoms with Crippen LogP contribution in [0, 0.1) is 17.2 Å². The summed E-state index contributed by atoms with van der Waals surface area (Å²) in [5.74, 6) is 0.236. The molecule has 5 heteroatoms. The predicted molar refractivity (Wildman–Crippen MR) is 85.9 cm³/mol. The minimum atomic E-state index is -0.352. The molecule has 0 aliphatic carbocycles. The number of aliphatic hydroxyl groups excluding tert-OH is 1. The van der Waals surface area contributed by atoms with Gasteiger partial charge in [-0.25, -0.2) is 0 Å². The summed E-state index contributed by atoms with van der Waals surface area (Å²) in [5, 5.41) is 26.5. The molecule has 0 fully saturated rings. The van der Waals surface area contributed by atoms with Gasteiger partial charge in [0.2, 0.25) is 0 Å². The van der Waals surface area contributed by atoms with Crippen molar-refractivity contribution in [3.05, 3.63) is 41.6 Å². The minimum absolute atomic E-state index is 0.236. The van der Waals surface area contributed by atoms with Crippen LogP contribution in [0.5, 0.6) is 0 Å². The lowest BCUT2D eigenvalue weighted by Crippen LogP contribution is -2.30. The third-order valence-electron chi connectivity index (χ3n) is 3.63.